The number of oxazole rings is 1. The number of pyridine rings is 1. The van der Waals surface area contributed by atoms with Gasteiger partial charge >= 0.3 is 0 Å². The van der Waals surface area contributed by atoms with Gasteiger partial charge in [-0.1, -0.05) is 17.7 Å². The number of rotatable bonds is 1. The maximum Gasteiger partial charge on any atom is 0.228 e. The molecule has 2 aromatic heterocycles. The summed E-state index contributed by atoms with van der Waals surface area (Å²) in [7, 11) is 0. The minimum atomic E-state index is 0.420. The molecule has 0 radical (unpaired) electrons. The van der Waals surface area contributed by atoms with Crippen molar-refractivity contribution in [3.8, 4) is 11.5 Å². The average Bonchev–Trinajstić information content (AvgIpc) is 2.72. The molecule has 0 fully saturated rings. The van der Waals surface area contributed by atoms with Gasteiger partial charge in [-0.3, -0.25) is 0 Å². The van der Waals surface area contributed by atoms with Crippen molar-refractivity contribution in [1.82, 2.24) is 9.97 Å². The molecule has 3 aromatic rings. The van der Waals surface area contributed by atoms with E-state index in [1.54, 1.807) is 24.3 Å². The highest BCUT2D eigenvalue weighted by Crippen LogP contribution is 2.25. The van der Waals surface area contributed by atoms with Crippen molar-refractivity contribution in [3.05, 3.63) is 41.4 Å². The molecule has 0 aliphatic rings. The zero-order valence-corrected chi connectivity index (χ0v) is 9.48. The van der Waals surface area contributed by atoms with E-state index in [4.69, 9.17) is 21.8 Å². The van der Waals surface area contributed by atoms with E-state index in [9.17, 15) is 0 Å². The molecular weight excluding hydrogens is 238 g/mol. The molecule has 2 N–H and O–H groups in total. The molecule has 0 saturated heterocycles. The summed E-state index contributed by atoms with van der Waals surface area (Å²) in [5.74, 6) is 0.907. The minimum Gasteiger partial charge on any atom is -0.434 e. The molecule has 0 spiro atoms. The number of nitrogen functional groups attached to an aromatic ring is 1. The maximum absolute atomic E-state index is 5.91. The van der Waals surface area contributed by atoms with Gasteiger partial charge < -0.3 is 10.2 Å². The Bertz CT molecular complexity index is 693. The summed E-state index contributed by atoms with van der Waals surface area (Å²) >= 11 is 5.91. The molecule has 84 valence electrons. The van der Waals surface area contributed by atoms with E-state index in [2.05, 4.69) is 9.97 Å². The fraction of sp³-hybridized carbons (Fsp3) is 0. The van der Waals surface area contributed by atoms with Crippen LogP contribution in [0.4, 0.5) is 5.82 Å². The molecule has 4 nitrogen and oxygen atoms in total. The molecule has 17 heavy (non-hydrogen) atoms. The molecule has 0 saturated carbocycles. The SMILES string of the molecule is Nc1ccc2oc(-c3cccc(Cl)c3)nc2n1. The summed E-state index contributed by atoms with van der Waals surface area (Å²) in [6.45, 7) is 0. The molecular formula is C12H8ClN3O. The maximum atomic E-state index is 5.91. The monoisotopic (exact) mass is 245 g/mol. The molecule has 0 unspecified atom stereocenters. The Kier molecular flexibility index (Phi) is 2.23. The van der Waals surface area contributed by atoms with Crippen molar-refractivity contribution in [2.45, 2.75) is 0 Å². The first-order valence-corrected chi connectivity index (χ1v) is 5.39. The van der Waals surface area contributed by atoms with Gasteiger partial charge in [-0.2, -0.15) is 4.98 Å². The number of benzene rings is 1. The van der Waals surface area contributed by atoms with Crippen molar-refractivity contribution in [2.24, 2.45) is 0 Å². The van der Waals surface area contributed by atoms with E-state index < -0.39 is 0 Å². The number of nitrogens with zero attached hydrogens (tertiary/aromatic N) is 2. The average molecular weight is 246 g/mol. The number of nitrogens with two attached hydrogens (primary N) is 1. The van der Waals surface area contributed by atoms with Gasteiger partial charge in [0.15, 0.2) is 5.58 Å². The van der Waals surface area contributed by atoms with Gasteiger partial charge in [-0.05, 0) is 30.3 Å². The predicted molar refractivity (Wildman–Crippen MR) is 66.7 cm³/mol. The summed E-state index contributed by atoms with van der Waals surface area (Å²) in [4.78, 5) is 8.35. The van der Waals surface area contributed by atoms with Crippen LogP contribution in [0.15, 0.2) is 40.8 Å². The predicted octanol–water partition coefficient (Wildman–Crippen LogP) is 3.13. The van der Waals surface area contributed by atoms with E-state index in [0.29, 0.717) is 28.0 Å². The zero-order chi connectivity index (χ0) is 11.8. The molecule has 5 heteroatoms. The lowest BCUT2D eigenvalue weighted by molar-refractivity contribution is 0.619. The first-order valence-electron chi connectivity index (χ1n) is 5.01. The smallest absolute Gasteiger partial charge is 0.228 e. The van der Waals surface area contributed by atoms with Crippen LogP contribution in [-0.4, -0.2) is 9.97 Å². The third-order valence-corrected chi connectivity index (χ3v) is 2.58. The van der Waals surface area contributed by atoms with Crippen molar-refractivity contribution < 1.29 is 4.42 Å². The fourth-order valence-electron chi connectivity index (χ4n) is 1.58. The Morgan fingerprint density at radius 2 is 2.00 bits per heavy atom. The van der Waals surface area contributed by atoms with Crippen molar-refractivity contribution in [3.63, 3.8) is 0 Å². The topological polar surface area (TPSA) is 64.9 Å². The highest BCUT2D eigenvalue weighted by atomic mass is 35.5. The van der Waals surface area contributed by atoms with Crippen molar-refractivity contribution in [1.29, 1.82) is 0 Å². The quantitative estimate of drug-likeness (QED) is 0.715. The summed E-state index contributed by atoms with van der Waals surface area (Å²) < 4.78 is 5.58. The standard InChI is InChI=1S/C12H8ClN3O/c13-8-3-1-2-7(6-8)12-16-11-9(17-12)4-5-10(14)15-11/h1-6H,(H2,14,15). The summed E-state index contributed by atoms with van der Waals surface area (Å²) in [5, 5.41) is 0.636. The van der Waals surface area contributed by atoms with Gasteiger partial charge in [-0.15, -0.1) is 0 Å². The highest BCUT2D eigenvalue weighted by molar-refractivity contribution is 6.30. The van der Waals surface area contributed by atoms with Crippen LogP contribution in [-0.2, 0) is 0 Å². The van der Waals surface area contributed by atoms with Gasteiger partial charge in [0.1, 0.15) is 5.82 Å². The van der Waals surface area contributed by atoms with E-state index in [0.717, 1.165) is 5.56 Å². The molecule has 0 aliphatic carbocycles. The Labute approximate surface area is 102 Å². The second-order valence-corrected chi connectivity index (χ2v) is 4.02. The van der Waals surface area contributed by atoms with Gasteiger partial charge in [0, 0.05) is 10.6 Å². The second-order valence-electron chi connectivity index (χ2n) is 3.59. The van der Waals surface area contributed by atoms with E-state index in [-0.39, 0.29) is 0 Å². The van der Waals surface area contributed by atoms with Crippen molar-refractivity contribution in [2.75, 3.05) is 5.73 Å². The van der Waals surface area contributed by atoms with E-state index in [1.807, 2.05) is 12.1 Å². The lowest BCUT2D eigenvalue weighted by Gasteiger charge is -1.94. The Morgan fingerprint density at radius 1 is 1.12 bits per heavy atom. The normalized spacial score (nSPS) is 10.9. The molecule has 2 heterocycles. The number of hydrogen-bond acceptors (Lipinski definition) is 4. The minimum absolute atomic E-state index is 0.420. The summed E-state index contributed by atoms with van der Waals surface area (Å²) in [6.07, 6.45) is 0. The van der Waals surface area contributed by atoms with Gasteiger partial charge in [0.2, 0.25) is 11.5 Å². The Balaban J connectivity index is 2.18. The van der Waals surface area contributed by atoms with Crippen LogP contribution in [0.2, 0.25) is 5.02 Å². The van der Waals surface area contributed by atoms with Crippen LogP contribution < -0.4 is 5.73 Å². The van der Waals surface area contributed by atoms with Crippen LogP contribution in [0.3, 0.4) is 0 Å². The fourth-order valence-corrected chi connectivity index (χ4v) is 1.77. The summed E-state index contributed by atoms with van der Waals surface area (Å²) in [5.41, 5.74) is 7.50. The molecule has 1 aromatic carbocycles. The Hall–Kier alpha value is -2.07. The highest BCUT2D eigenvalue weighted by Gasteiger charge is 2.09. The van der Waals surface area contributed by atoms with Crippen LogP contribution >= 0.6 is 11.6 Å². The third-order valence-electron chi connectivity index (χ3n) is 2.35. The third kappa shape index (κ3) is 1.83. The number of halogens is 1. The summed E-state index contributed by atoms with van der Waals surface area (Å²) in [6, 6.07) is 10.7. The second kappa shape index (κ2) is 3.75. The van der Waals surface area contributed by atoms with Crippen LogP contribution in [0, 0.1) is 0 Å². The lowest BCUT2D eigenvalue weighted by Crippen LogP contribution is -1.88. The molecule has 0 bridgehead atoms. The lowest BCUT2D eigenvalue weighted by atomic mass is 10.2. The van der Waals surface area contributed by atoms with Crippen LogP contribution in [0.1, 0.15) is 0 Å². The molecule has 0 atom stereocenters. The number of hydrogen-bond donors (Lipinski definition) is 1. The number of fused-ring (bicyclic) bond motifs is 1. The largest absolute Gasteiger partial charge is 0.434 e. The van der Waals surface area contributed by atoms with Crippen LogP contribution in [0.25, 0.3) is 22.7 Å². The van der Waals surface area contributed by atoms with E-state index >= 15 is 0 Å². The number of aromatic nitrogens is 2. The van der Waals surface area contributed by atoms with Crippen molar-refractivity contribution >= 4 is 28.6 Å². The van der Waals surface area contributed by atoms with Crippen LogP contribution in [0.5, 0.6) is 0 Å². The molecule has 0 aliphatic heterocycles. The Morgan fingerprint density at radius 3 is 2.82 bits per heavy atom. The van der Waals surface area contributed by atoms with Gasteiger partial charge in [-0.25, -0.2) is 4.98 Å². The zero-order valence-electron chi connectivity index (χ0n) is 8.72. The first-order chi connectivity index (χ1) is 8.22. The molecule has 0 amide bonds. The molecule has 3 rings (SSSR count). The van der Waals surface area contributed by atoms with Gasteiger partial charge in [0.25, 0.3) is 0 Å². The number of anilines is 1. The first kappa shape index (κ1) is 10.1. The van der Waals surface area contributed by atoms with Gasteiger partial charge in [0.05, 0.1) is 0 Å². The van der Waals surface area contributed by atoms with E-state index in [1.165, 1.54) is 0 Å².